The van der Waals surface area contributed by atoms with Crippen LogP contribution < -0.4 is 0 Å². The third-order valence-corrected chi connectivity index (χ3v) is 2.01. The van der Waals surface area contributed by atoms with Gasteiger partial charge in [-0.25, -0.2) is 4.98 Å². The van der Waals surface area contributed by atoms with E-state index in [-0.39, 0.29) is 5.38 Å². The normalized spacial score (nSPS) is 13.1. The van der Waals surface area contributed by atoms with Gasteiger partial charge in [-0.3, -0.25) is 0 Å². The van der Waals surface area contributed by atoms with Crippen molar-refractivity contribution in [2.45, 2.75) is 32.1 Å². The molecule has 0 radical (unpaired) electrons. The second-order valence-corrected chi connectivity index (χ2v) is 3.74. The number of hydrogen-bond donors (Lipinski definition) is 0. The Hall–Kier alpha value is -0.540. The van der Waals surface area contributed by atoms with E-state index in [9.17, 15) is 0 Å². The smallest absolute Gasteiger partial charge is 0.212 e. The van der Waals surface area contributed by atoms with Gasteiger partial charge in [-0.2, -0.15) is 0 Å². The van der Waals surface area contributed by atoms with E-state index in [1.165, 1.54) is 0 Å². The van der Waals surface area contributed by atoms with Crippen LogP contribution in [0.1, 0.15) is 37.3 Å². The number of rotatable bonds is 6. The molecule has 1 aromatic heterocycles. The highest BCUT2D eigenvalue weighted by Crippen LogP contribution is 2.19. The van der Waals surface area contributed by atoms with Crippen molar-refractivity contribution in [3.63, 3.8) is 0 Å². The molecule has 80 valence electrons. The number of hydrogen-bond acceptors (Lipinski definition) is 3. The lowest BCUT2D eigenvalue weighted by Gasteiger charge is -1.98. The zero-order valence-corrected chi connectivity index (χ0v) is 9.38. The van der Waals surface area contributed by atoms with E-state index in [0.29, 0.717) is 5.89 Å². The summed E-state index contributed by atoms with van der Waals surface area (Å²) in [4.78, 5) is 4.08. The molecule has 1 unspecified atom stereocenters. The topological polar surface area (TPSA) is 35.3 Å². The average molecular weight is 218 g/mol. The Labute approximate surface area is 89.4 Å². The van der Waals surface area contributed by atoms with Crippen molar-refractivity contribution in [3.05, 3.63) is 17.8 Å². The molecular formula is C10H16ClNO2. The molecule has 4 heteroatoms. The number of oxazole rings is 1. The minimum Gasteiger partial charge on any atom is -0.444 e. The molecule has 0 amide bonds. The summed E-state index contributed by atoms with van der Waals surface area (Å²) in [6.45, 7) is 5.36. The predicted octanol–water partition coefficient (Wildman–Crippen LogP) is 2.94. The number of aryl methyl sites for hydroxylation is 1. The minimum atomic E-state index is -0.157. The van der Waals surface area contributed by atoms with Crippen molar-refractivity contribution in [1.82, 2.24) is 4.98 Å². The van der Waals surface area contributed by atoms with Gasteiger partial charge in [0.2, 0.25) is 5.89 Å². The fourth-order valence-corrected chi connectivity index (χ4v) is 1.22. The average Bonchev–Trinajstić information content (AvgIpc) is 2.61. The lowest BCUT2D eigenvalue weighted by atomic mass is 10.3. The van der Waals surface area contributed by atoms with E-state index in [1.807, 2.05) is 13.8 Å². The Bertz CT molecular complexity index is 260. The molecule has 0 saturated carbocycles. The summed E-state index contributed by atoms with van der Waals surface area (Å²) in [6.07, 6.45) is 3.55. The Morgan fingerprint density at radius 2 is 2.43 bits per heavy atom. The number of aromatic nitrogens is 1. The molecule has 0 N–H and O–H groups in total. The number of nitrogens with zero attached hydrogens (tertiary/aromatic N) is 1. The van der Waals surface area contributed by atoms with E-state index < -0.39 is 0 Å². The van der Waals surface area contributed by atoms with Gasteiger partial charge in [0.05, 0.1) is 6.20 Å². The van der Waals surface area contributed by atoms with Crippen molar-refractivity contribution in [1.29, 1.82) is 0 Å². The summed E-state index contributed by atoms with van der Waals surface area (Å²) >= 11 is 5.82. The predicted molar refractivity (Wildman–Crippen MR) is 55.6 cm³/mol. The summed E-state index contributed by atoms with van der Waals surface area (Å²) in [5.74, 6) is 1.48. The first-order valence-electron chi connectivity index (χ1n) is 4.90. The Morgan fingerprint density at radius 1 is 1.64 bits per heavy atom. The van der Waals surface area contributed by atoms with Crippen LogP contribution in [0.15, 0.2) is 10.6 Å². The monoisotopic (exact) mass is 217 g/mol. The van der Waals surface area contributed by atoms with Crippen molar-refractivity contribution < 1.29 is 9.15 Å². The van der Waals surface area contributed by atoms with Gasteiger partial charge in [0.1, 0.15) is 11.1 Å². The van der Waals surface area contributed by atoms with E-state index in [4.69, 9.17) is 20.8 Å². The van der Waals surface area contributed by atoms with Gasteiger partial charge in [0, 0.05) is 19.6 Å². The highest BCUT2D eigenvalue weighted by Gasteiger charge is 2.08. The Morgan fingerprint density at radius 3 is 3.00 bits per heavy atom. The molecule has 14 heavy (non-hydrogen) atoms. The molecule has 0 aliphatic heterocycles. The molecule has 0 aliphatic carbocycles. The minimum absolute atomic E-state index is 0.157. The van der Waals surface area contributed by atoms with Gasteiger partial charge in [0.15, 0.2) is 0 Å². The zero-order chi connectivity index (χ0) is 10.4. The van der Waals surface area contributed by atoms with Gasteiger partial charge in [-0.05, 0) is 20.3 Å². The summed E-state index contributed by atoms with van der Waals surface area (Å²) in [7, 11) is 0. The third kappa shape index (κ3) is 3.68. The SMILES string of the molecule is CCOCCCc1cnc(C(C)Cl)o1. The first kappa shape index (κ1) is 11.5. The van der Waals surface area contributed by atoms with Crippen molar-refractivity contribution >= 4 is 11.6 Å². The molecule has 0 spiro atoms. The first-order valence-corrected chi connectivity index (χ1v) is 5.34. The van der Waals surface area contributed by atoms with Gasteiger partial charge < -0.3 is 9.15 Å². The molecule has 0 aliphatic rings. The molecule has 0 aromatic carbocycles. The van der Waals surface area contributed by atoms with E-state index >= 15 is 0 Å². The van der Waals surface area contributed by atoms with Gasteiger partial charge in [0.25, 0.3) is 0 Å². The maximum atomic E-state index is 5.82. The second kappa shape index (κ2) is 6.04. The molecule has 3 nitrogen and oxygen atoms in total. The van der Waals surface area contributed by atoms with Gasteiger partial charge in [-0.1, -0.05) is 0 Å². The fourth-order valence-electron chi connectivity index (χ4n) is 1.11. The largest absolute Gasteiger partial charge is 0.444 e. The zero-order valence-electron chi connectivity index (χ0n) is 8.62. The maximum Gasteiger partial charge on any atom is 0.212 e. The molecule has 1 heterocycles. The lowest BCUT2D eigenvalue weighted by Crippen LogP contribution is -1.94. The lowest BCUT2D eigenvalue weighted by molar-refractivity contribution is 0.144. The molecular weight excluding hydrogens is 202 g/mol. The summed E-state index contributed by atoms with van der Waals surface area (Å²) in [5.41, 5.74) is 0. The van der Waals surface area contributed by atoms with Crippen LogP contribution in [0.3, 0.4) is 0 Å². The maximum absolute atomic E-state index is 5.82. The van der Waals surface area contributed by atoms with Crippen molar-refractivity contribution in [2.75, 3.05) is 13.2 Å². The van der Waals surface area contributed by atoms with Crippen LogP contribution in [0.2, 0.25) is 0 Å². The van der Waals surface area contributed by atoms with Gasteiger partial charge in [-0.15, -0.1) is 11.6 Å². The van der Waals surface area contributed by atoms with Crippen molar-refractivity contribution in [3.8, 4) is 0 Å². The van der Waals surface area contributed by atoms with E-state index in [1.54, 1.807) is 6.20 Å². The van der Waals surface area contributed by atoms with E-state index in [0.717, 1.165) is 31.8 Å². The van der Waals surface area contributed by atoms with Crippen LogP contribution in [-0.4, -0.2) is 18.2 Å². The summed E-state index contributed by atoms with van der Waals surface area (Å²) < 4.78 is 10.6. The molecule has 0 fully saturated rings. The molecule has 0 bridgehead atoms. The summed E-state index contributed by atoms with van der Waals surface area (Å²) in [6, 6.07) is 0. The standard InChI is InChI=1S/C10H16ClNO2/c1-3-13-6-4-5-9-7-12-10(14-9)8(2)11/h7-8H,3-6H2,1-2H3. The highest BCUT2D eigenvalue weighted by molar-refractivity contribution is 6.20. The van der Waals surface area contributed by atoms with Crippen LogP contribution in [-0.2, 0) is 11.2 Å². The summed E-state index contributed by atoms with van der Waals surface area (Å²) in [5, 5.41) is -0.157. The van der Waals surface area contributed by atoms with E-state index in [2.05, 4.69) is 4.98 Å². The van der Waals surface area contributed by atoms with Crippen LogP contribution in [0.5, 0.6) is 0 Å². The third-order valence-electron chi connectivity index (χ3n) is 1.83. The molecule has 1 atom stereocenters. The Kier molecular flexibility index (Phi) is 4.98. The van der Waals surface area contributed by atoms with Crippen LogP contribution >= 0.6 is 11.6 Å². The molecule has 0 saturated heterocycles. The number of ether oxygens (including phenoxy) is 1. The quantitative estimate of drug-likeness (QED) is 0.543. The van der Waals surface area contributed by atoms with Crippen LogP contribution in [0.4, 0.5) is 0 Å². The number of alkyl halides is 1. The van der Waals surface area contributed by atoms with Crippen molar-refractivity contribution in [2.24, 2.45) is 0 Å². The number of halogens is 1. The highest BCUT2D eigenvalue weighted by atomic mass is 35.5. The fraction of sp³-hybridized carbons (Fsp3) is 0.700. The van der Waals surface area contributed by atoms with Crippen LogP contribution in [0.25, 0.3) is 0 Å². The first-order chi connectivity index (χ1) is 6.74. The van der Waals surface area contributed by atoms with Gasteiger partial charge >= 0.3 is 0 Å². The van der Waals surface area contributed by atoms with Crippen LogP contribution in [0, 0.1) is 0 Å². The Balaban J connectivity index is 2.29. The molecule has 1 aromatic rings. The molecule has 1 rings (SSSR count). The second-order valence-electron chi connectivity index (χ2n) is 3.08.